The molecule has 3 aliphatic rings. The number of nitrogens with zero attached hydrogens (tertiary/aromatic N) is 1. The molecule has 176 valence electrons. The van der Waals surface area contributed by atoms with E-state index >= 15 is 0 Å². The van der Waals surface area contributed by atoms with Crippen molar-refractivity contribution in [1.82, 2.24) is 4.90 Å². The predicted octanol–water partition coefficient (Wildman–Crippen LogP) is 3.99. The van der Waals surface area contributed by atoms with Crippen molar-refractivity contribution in [2.24, 2.45) is 0 Å². The summed E-state index contributed by atoms with van der Waals surface area (Å²) in [6.45, 7) is 1.51. The highest BCUT2D eigenvalue weighted by Crippen LogP contribution is 2.47. The van der Waals surface area contributed by atoms with E-state index in [1.54, 1.807) is 6.07 Å². The fourth-order valence-electron chi connectivity index (χ4n) is 5.05. The molecule has 3 aromatic carbocycles. The van der Waals surface area contributed by atoms with Gasteiger partial charge in [0.15, 0.2) is 23.0 Å². The number of methoxy groups -OCH3 is 1. The van der Waals surface area contributed by atoms with Crippen molar-refractivity contribution in [2.75, 3.05) is 20.4 Å². The number of halogens is 1. The summed E-state index contributed by atoms with van der Waals surface area (Å²) in [5.74, 6) is 1.07. The molecule has 0 aliphatic carbocycles. The minimum atomic E-state index is -4.40. The third-order valence-electron chi connectivity index (χ3n) is 6.72. The molecule has 0 radical (unpaired) electrons. The van der Waals surface area contributed by atoms with Crippen LogP contribution in [0.5, 0.6) is 23.0 Å². The molecule has 7 nitrogen and oxygen atoms in total. The quantitative estimate of drug-likeness (QED) is 0.520. The highest BCUT2D eigenvalue weighted by Gasteiger charge is 2.36. The Hall–Kier alpha value is -3.30. The lowest BCUT2D eigenvalue weighted by atomic mass is 9.83. The highest BCUT2D eigenvalue weighted by atomic mass is 32.2. The first-order valence-electron chi connectivity index (χ1n) is 11.0. The van der Waals surface area contributed by atoms with Gasteiger partial charge in [0.2, 0.25) is 6.79 Å². The fraction of sp³-hybridized carbons (Fsp3) is 0.280. The third kappa shape index (κ3) is 3.38. The van der Waals surface area contributed by atoms with Gasteiger partial charge < -0.3 is 18.4 Å². The molecule has 0 spiro atoms. The Labute approximate surface area is 196 Å². The van der Waals surface area contributed by atoms with Crippen LogP contribution in [0.2, 0.25) is 0 Å². The molecule has 1 atom stereocenters. The Morgan fingerprint density at radius 1 is 1.06 bits per heavy atom. The SMILES string of the molecule is COc1ccc2c(c1OS(=O)(=O)c1ccccc1F)CN1CCc3cc4c(cc3C1C2)OCO4. The zero-order valence-electron chi connectivity index (χ0n) is 18.4. The van der Waals surface area contributed by atoms with Crippen LogP contribution in [0.15, 0.2) is 53.4 Å². The molecule has 0 fully saturated rings. The summed E-state index contributed by atoms with van der Waals surface area (Å²) >= 11 is 0. The first kappa shape index (κ1) is 21.2. The van der Waals surface area contributed by atoms with Gasteiger partial charge in [-0.05, 0) is 59.9 Å². The molecular formula is C25H22FNO6S. The Morgan fingerprint density at radius 3 is 2.65 bits per heavy atom. The summed E-state index contributed by atoms with van der Waals surface area (Å²) in [6, 6.07) is 13.0. The molecule has 6 rings (SSSR count). The smallest absolute Gasteiger partial charge is 0.342 e. The van der Waals surface area contributed by atoms with Gasteiger partial charge in [-0.3, -0.25) is 4.90 Å². The van der Waals surface area contributed by atoms with Crippen LogP contribution in [-0.2, 0) is 29.5 Å². The maximum absolute atomic E-state index is 14.2. The largest absolute Gasteiger partial charge is 0.493 e. The van der Waals surface area contributed by atoms with Gasteiger partial charge in [-0.25, -0.2) is 4.39 Å². The summed E-state index contributed by atoms with van der Waals surface area (Å²) in [4.78, 5) is 1.79. The maximum Gasteiger partial charge on any atom is 0.342 e. The third-order valence-corrected chi connectivity index (χ3v) is 7.97. The summed E-state index contributed by atoms with van der Waals surface area (Å²) in [5, 5.41) is 0. The number of rotatable bonds is 4. The number of fused-ring (bicyclic) bond motifs is 5. The Kier molecular flexibility index (Phi) is 4.93. The molecular weight excluding hydrogens is 461 g/mol. The van der Waals surface area contributed by atoms with Gasteiger partial charge in [-0.15, -0.1) is 0 Å². The summed E-state index contributed by atoms with van der Waals surface area (Å²) in [7, 11) is -2.94. The molecule has 9 heteroatoms. The number of ether oxygens (including phenoxy) is 3. The van der Waals surface area contributed by atoms with Crippen LogP contribution in [-0.4, -0.2) is 33.8 Å². The molecule has 1 unspecified atom stereocenters. The van der Waals surface area contributed by atoms with Crippen LogP contribution < -0.4 is 18.4 Å². The van der Waals surface area contributed by atoms with E-state index in [1.807, 2.05) is 6.07 Å². The second kappa shape index (κ2) is 7.89. The standard InChI is InChI=1S/C25H22FNO6S/c1-30-21-7-6-15-10-20-17-12-23-22(31-14-32-23)11-16(17)8-9-27(20)13-18(15)25(21)33-34(28,29)24-5-3-2-4-19(24)26/h2-7,11-12,20H,8-10,13-14H2,1H3. The van der Waals surface area contributed by atoms with Gasteiger partial charge in [-0.1, -0.05) is 18.2 Å². The van der Waals surface area contributed by atoms with Gasteiger partial charge in [0.25, 0.3) is 0 Å². The van der Waals surface area contributed by atoms with E-state index in [-0.39, 0.29) is 24.3 Å². The van der Waals surface area contributed by atoms with Crippen LogP contribution in [0.1, 0.15) is 28.3 Å². The van der Waals surface area contributed by atoms with Crippen LogP contribution in [0, 0.1) is 5.82 Å². The van der Waals surface area contributed by atoms with Crippen LogP contribution in [0.4, 0.5) is 4.39 Å². The van der Waals surface area contributed by atoms with Crippen molar-refractivity contribution < 1.29 is 31.2 Å². The van der Waals surface area contributed by atoms with Crippen LogP contribution >= 0.6 is 0 Å². The molecule has 3 aliphatic heterocycles. The first-order valence-corrected chi connectivity index (χ1v) is 12.4. The molecule has 0 amide bonds. The van der Waals surface area contributed by atoms with Gasteiger partial charge in [0.05, 0.1) is 7.11 Å². The minimum Gasteiger partial charge on any atom is -0.493 e. The normalized spacial score (nSPS) is 18.6. The van der Waals surface area contributed by atoms with Crippen molar-refractivity contribution in [1.29, 1.82) is 0 Å². The maximum atomic E-state index is 14.2. The molecule has 3 heterocycles. The van der Waals surface area contributed by atoms with Crippen molar-refractivity contribution in [3.63, 3.8) is 0 Å². The van der Waals surface area contributed by atoms with Crippen LogP contribution in [0.25, 0.3) is 0 Å². The Balaban J connectivity index is 1.39. The average Bonchev–Trinajstić information content (AvgIpc) is 3.29. The first-order chi connectivity index (χ1) is 16.4. The second-order valence-corrected chi connectivity index (χ2v) is 10.1. The minimum absolute atomic E-state index is 0.109. The van der Waals surface area contributed by atoms with E-state index in [0.717, 1.165) is 41.7 Å². The topological polar surface area (TPSA) is 74.3 Å². The number of benzene rings is 3. The van der Waals surface area contributed by atoms with E-state index in [1.165, 1.54) is 36.4 Å². The highest BCUT2D eigenvalue weighted by molar-refractivity contribution is 7.87. The van der Waals surface area contributed by atoms with E-state index in [9.17, 15) is 12.8 Å². The average molecular weight is 484 g/mol. The van der Waals surface area contributed by atoms with E-state index < -0.39 is 20.8 Å². The zero-order valence-corrected chi connectivity index (χ0v) is 19.2. The van der Waals surface area contributed by atoms with Gasteiger partial charge in [0, 0.05) is 24.7 Å². The van der Waals surface area contributed by atoms with Crippen LogP contribution in [0.3, 0.4) is 0 Å². The van der Waals surface area contributed by atoms with Gasteiger partial charge in [-0.2, -0.15) is 8.42 Å². The molecule has 34 heavy (non-hydrogen) atoms. The summed E-state index contributed by atoms with van der Waals surface area (Å²) in [5.41, 5.74) is 4.13. The Morgan fingerprint density at radius 2 is 1.85 bits per heavy atom. The molecule has 3 aromatic rings. The van der Waals surface area contributed by atoms with E-state index in [4.69, 9.17) is 18.4 Å². The summed E-state index contributed by atoms with van der Waals surface area (Å²) < 4.78 is 62.3. The van der Waals surface area contributed by atoms with Crippen molar-refractivity contribution in [2.45, 2.75) is 30.3 Å². The second-order valence-electron chi connectivity index (χ2n) is 8.55. The molecule has 0 aromatic heterocycles. The molecule has 0 N–H and O–H groups in total. The molecule has 0 bridgehead atoms. The monoisotopic (exact) mass is 483 g/mol. The number of hydrogen-bond donors (Lipinski definition) is 0. The van der Waals surface area contributed by atoms with E-state index in [2.05, 4.69) is 17.0 Å². The van der Waals surface area contributed by atoms with Gasteiger partial charge >= 0.3 is 10.1 Å². The molecule has 0 saturated carbocycles. The number of hydrogen-bond acceptors (Lipinski definition) is 7. The lowest BCUT2D eigenvalue weighted by Gasteiger charge is -2.41. The van der Waals surface area contributed by atoms with E-state index in [0.29, 0.717) is 13.0 Å². The predicted molar refractivity (Wildman–Crippen MR) is 120 cm³/mol. The van der Waals surface area contributed by atoms with Crippen molar-refractivity contribution >= 4 is 10.1 Å². The lowest BCUT2D eigenvalue weighted by molar-refractivity contribution is 0.158. The lowest BCUT2D eigenvalue weighted by Crippen LogP contribution is -2.39. The van der Waals surface area contributed by atoms with Gasteiger partial charge in [0.1, 0.15) is 10.7 Å². The van der Waals surface area contributed by atoms with Crippen molar-refractivity contribution in [3.8, 4) is 23.0 Å². The fourth-order valence-corrected chi connectivity index (χ4v) is 6.09. The Bertz CT molecular complexity index is 1410. The summed E-state index contributed by atoms with van der Waals surface area (Å²) in [6.07, 6.45) is 1.51. The zero-order chi connectivity index (χ0) is 23.4. The van der Waals surface area contributed by atoms with Crippen molar-refractivity contribution in [3.05, 3.63) is 76.6 Å². The molecule has 0 saturated heterocycles.